The molecule has 0 bridgehead atoms. The minimum absolute atomic E-state index is 0.449. The Balaban J connectivity index is 2.25. The second-order valence-electron chi connectivity index (χ2n) is 4.83. The smallest absolute Gasteiger partial charge is 0.142 e. The molecule has 0 saturated carbocycles. The van der Waals surface area contributed by atoms with Crippen LogP contribution in [0.25, 0.3) is 0 Å². The number of hydrogen-bond donors (Lipinski definition) is 1. The molecule has 0 spiro atoms. The zero-order valence-electron chi connectivity index (χ0n) is 12.7. The standard InChI is InChI=1S/C15H26N2O3/c1-13(2)17-11-14-5-6-16-12-15(14)20-8-4-7-19-10-9-18-3/h5-6,12-13,17H,4,7-11H2,1-3H3. The maximum Gasteiger partial charge on any atom is 0.142 e. The van der Waals surface area contributed by atoms with Gasteiger partial charge in [-0.2, -0.15) is 0 Å². The van der Waals surface area contributed by atoms with Crippen molar-refractivity contribution in [3.8, 4) is 5.75 Å². The van der Waals surface area contributed by atoms with E-state index in [1.54, 1.807) is 19.5 Å². The molecule has 5 heteroatoms. The highest BCUT2D eigenvalue weighted by Gasteiger charge is 2.04. The SMILES string of the molecule is COCCOCCCOc1cnccc1CNC(C)C. The van der Waals surface area contributed by atoms with Crippen LogP contribution in [0.2, 0.25) is 0 Å². The van der Waals surface area contributed by atoms with Crippen LogP contribution < -0.4 is 10.1 Å². The summed E-state index contributed by atoms with van der Waals surface area (Å²) in [7, 11) is 1.67. The van der Waals surface area contributed by atoms with Crippen LogP contribution in [0.3, 0.4) is 0 Å². The molecule has 1 N–H and O–H groups in total. The van der Waals surface area contributed by atoms with Gasteiger partial charge in [-0.05, 0) is 6.07 Å². The third-order valence-corrected chi connectivity index (χ3v) is 2.69. The van der Waals surface area contributed by atoms with Gasteiger partial charge in [0, 0.05) is 44.5 Å². The van der Waals surface area contributed by atoms with Crippen molar-refractivity contribution in [3.63, 3.8) is 0 Å². The number of nitrogens with one attached hydrogen (secondary N) is 1. The zero-order valence-corrected chi connectivity index (χ0v) is 12.7. The predicted molar refractivity (Wildman–Crippen MR) is 79.0 cm³/mol. The van der Waals surface area contributed by atoms with Gasteiger partial charge in [0.15, 0.2) is 0 Å². The number of ether oxygens (including phenoxy) is 3. The number of methoxy groups -OCH3 is 1. The molecule has 114 valence electrons. The monoisotopic (exact) mass is 282 g/mol. The van der Waals surface area contributed by atoms with Crippen LogP contribution in [0.4, 0.5) is 0 Å². The second kappa shape index (κ2) is 10.6. The van der Waals surface area contributed by atoms with E-state index in [0.717, 1.165) is 24.3 Å². The molecule has 0 aliphatic rings. The van der Waals surface area contributed by atoms with Crippen molar-refractivity contribution in [2.75, 3.05) is 33.5 Å². The van der Waals surface area contributed by atoms with Gasteiger partial charge >= 0.3 is 0 Å². The van der Waals surface area contributed by atoms with E-state index in [2.05, 4.69) is 24.1 Å². The summed E-state index contributed by atoms with van der Waals surface area (Å²) in [6.07, 6.45) is 4.41. The van der Waals surface area contributed by atoms with Crippen molar-refractivity contribution in [3.05, 3.63) is 24.0 Å². The summed E-state index contributed by atoms with van der Waals surface area (Å²) in [6.45, 7) is 7.62. The quantitative estimate of drug-likeness (QED) is 0.629. The number of hydrogen-bond acceptors (Lipinski definition) is 5. The molecule has 0 fully saturated rings. The summed E-state index contributed by atoms with van der Waals surface area (Å²) in [5, 5.41) is 3.38. The maximum atomic E-state index is 5.76. The van der Waals surface area contributed by atoms with E-state index in [9.17, 15) is 0 Å². The number of aromatic nitrogens is 1. The van der Waals surface area contributed by atoms with Gasteiger partial charge in [0.2, 0.25) is 0 Å². The molecular weight excluding hydrogens is 256 g/mol. The molecule has 1 aromatic rings. The molecule has 1 heterocycles. The fraction of sp³-hybridized carbons (Fsp3) is 0.667. The lowest BCUT2D eigenvalue weighted by Crippen LogP contribution is -2.22. The molecule has 0 aromatic carbocycles. The van der Waals surface area contributed by atoms with Gasteiger partial charge in [-0.1, -0.05) is 13.8 Å². The van der Waals surface area contributed by atoms with Crippen LogP contribution in [0.1, 0.15) is 25.8 Å². The van der Waals surface area contributed by atoms with Crippen molar-refractivity contribution >= 4 is 0 Å². The predicted octanol–water partition coefficient (Wildman–Crippen LogP) is 2.01. The van der Waals surface area contributed by atoms with Gasteiger partial charge in [0.1, 0.15) is 5.75 Å². The molecule has 0 radical (unpaired) electrons. The number of nitrogens with zero attached hydrogens (tertiary/aromatic N) is 1. The molecule has 0 aliphatic heterocycles. The first kappa shape index (κ1) is 16.9. The summed E-state index contributed by atoms with van der Waals surface area (Å²) in [5.74, 6) is 0.845. The van der Waals surface area contributed by atoms with E-state index in [4.69, 9.17) is 14.2 Å². The Morgan fingerprint density at radius 2 is 2.05 bits per heavy atom. The van der Waals surface area contributed by atoms with E-state index in [0.29, 0.717) is 32.5 Å². The number of pyridine rings is 1. The Morgan fingerprint density at radius 3 is 2.80 bits per heavy atom. The third-order valence-electron chi connectivity index (χ3n) is 2.69. The molecule has 0 saturated heterocycles. The van der Waals surface area contributed by atoms with Crippen molar-refractivity contribution < 1.29 is 14.2 Å². The first-order chi connectivity index (χ1) is 9.74. The highest BCUT2D eigenvalue weighted by molar-refractivity contribution is 5.29. The van der Waals surface area contributed by atoms with Gasteiger partial charge in [-0.25, -0.2) is 0 Å². The summed E-state index contributed by atoms with van der Waals surface area (Å²) < 4.78 is 16.1. The van der Waals surface area contributed by atoms with Crippen LogP contribution in [-0.2, 0) is 16.0 Å². The minimum atomic E-state index is 0.449. The van der Waals surface area contributed by atoms with Gasteiger partial charge in [-0.15, -0.1) is 0 Å². The molecule has 0 unspecified atom stereocenters. The molecule has 5 nitrogen and oxygen atoms in total. The van der Waals surface area contributed by atoms with Crippen LogP contribution >= 0.6 is 0 Å². The van der Waals surface area contributed by atoms with E-state index in [1.165, 1.54) is 0 Å². The van der Waals surface area contributed by atoms with E-state index >= 15 is 0 Å². The normalized spacial score (nSPS) is 11.0. The van der Waals surface area contributed by atoms with Gasteiger partial charge in [-0.3, -0.25) is 4.98 Å². The Morgan fingerprint density at radius 1 is 1.20 bits per heavy atom. The van der Waals surface area contributed by atoms with Crippen molar-refractivity contribution in [2.24, 2.45) is 0 Å². The summed E-state index contributed by atoms with van der Waals surface area (Å²) in [5.41, 5.74) is 1.13. The fourth-order valence-electron chi connectivity index (χ4n) is 1.59. The van der Waals surface area contributed by atoms with Crippen LogP contribution in [0, 0.1) is 0 Å². The summed E-state index contributed by atoms with van der Waals surface area (Å²) in [6, 6.07) is 2.44. The average molecular weight is 282 g/mol. The Bertz CT molecular complexity index is 359. The average Bonchev–Trinajstić information content (AvgIpc) is 2.45. The second-order valence-corrected chi connectivity index (χ2v) is 4.83. The minimum Gasteiger partial charge on any atom is -0.492 e. The lowest BCUT2D eigenvalue weighted by Gasteiger charge is -2.13. The Hall–Kier alpha value is -1.17. The molecular formula is C15H26N2O3. The lowest BCUT2D eigenvalue weighted by atomic mass is 10.2. The Kier molecular flexibility index (Phi) is 8.95. The molecule has 0 atom stereocenters. The number of rotatable bonds is 11. The highest BCUT2D eigenvalue weighted by atomic mass is 16.5. The molecule has 20 heavy (non-hydrogen) atoms. The summed E-state index contributed by atoms with van der Waals surface area (Å²) in [4.78, 5) is 4.11. The molecule has 1 aromatic heterocycles. The highest BCUT2D eigenvalue weighted by Crippen LogP contribution is 2.16. The first-order valence-electron chi connectivity index (χ1n) is 7.09. The molecule has 1 rings (SSSR count). The van der Waals surface area contributed by atoms with Crippen molar-refractivity contribution in [2.45, 2.75) is 32.9 Å². The third kappa shape index (κ3) is 7.43. The van der Waals surface area contributed by atoms with Crippen LogP contribution in [-0.4, -0.2) is 44.6 Å². The zero-order chi connectivity index (χ0) is 14.6. The first-order valence-corrected chi connectivity index (χ1v) is 7.09. The van der Waals surface area contributed by atoms with Crippen LogP contribution in [0.5, 0.6) is 5.75 Å². The lowest BCUT2D eigenvalue weighted by molar-refractivity contribution is 0.0643. The van der Waals surface area contributed by atoms with Gasteiger partial charge in [0.25, 0.3) is 0 Å². The van der Waals surface area contributed by atoms with Crippen molar-refractivity contribution in [1.82, 2.24) is 10.3 Å². The Labute approximate surface area is 121 Å². The van der Waals surface area contributed by atoms with Crippen molar-refractivity contribution in [1.29, 1.82) is 0 Å². The van der Waals surface area contributed by atoms with Gasteiger partial charge < -0.3 is 19.5 Å². The molecule has 0 aliphatic carbocycles. The van der Waals surface area contributed by atoms with Crippen LogP contribution in [0.15, 0.2) is 18.5 Å². The van der Waals surface area contributed by atoms with E-state index < -0.39 is 0 Å². The van der Waals surface area contributed by atoms with E-state index in [1.807, 2.05) is 6.07 Å². The maximum absolute atomic E-state index is 5.76. The largest absolute Gasteiger partial charge is 0.492 e. The molecule has 0 amide bonds. The fourth-order valence-corrected chi connectivity index (χ4v) is 1.59. The van der Waals surface area contributed by atoms with E-state index in [-0.39, 0.29) is 0 Å². The van der Waals surface area contributed by atoms with Gasteiger partial charge in [0.05, 0.1) is 26.0 Å². The summed E-state index contributed by atoms with van der Waals surface area (Å²) >= 11 is 0. The topological polar surface area (TPSA) is 52.6 Å².